The quantitative estimate of drug-likeness (QED) is 0.771. The van der Waals surface area contributed by atoms with Crippen LogP contribution in [0.4, 0.5) is 0 Å². The van der Waals surface area contributed by atoms with Crippen molar-refractivity contribution in [1.29, 1.82) is 0 Å². The summed E-state index contributed by atoms with van der Waals surface area (Å²) >= 11 is 6.09. The van der Waals surface area contributed by atoms with Gasteiger partial charge in [0, 0.05) is 35.6 Å². The summed E-state index contributed by atoms with van der Waals surface area (Å²) in [6.07, 6.45) is 5.83. The van der Waals surface area contributed by atoms with Gasteiger partial charge in [-0.1, -0.05) is 23.7 Å². The number of methoxy groups -OCH3 is 1. The maximum absolute atomic E-state index is 9.00. The van der Waals surface area contributed by atoms with E-state index in [0.717, 1.165) is 22.3 Å². The van der Waals surface area contributed by atoms with Gasteiger partial charge in [-0.2, -0.15) is 0 Å². The van der Waals surface area contributed by atoms with E-state index in [2.05, 4.69) is 15.0 Å². The van der Waals surface area contributed by atoms with E-state index in [1.807, 2.05) is 30.3 Å². The monoisotopic (exact) mass is 341 g/mol. The van der Waals surface area contributed by atoms with Crippen molar-refractivity contribution in [3.8, 4) is 17.0 Å². The van der Waals surface area contributed by atoms with Gasteiger partial charge in [0.05, 0.1) is 7.11 Å². The number of hydrogen-bond donors (Lipinski definition) is 1. The van der Waals surface area contributed by atoms with Gasteiger partial charge in [-0.05, 0) is 34.9 Å². The van der Waals surface area contributed by atoms with Crippen molar-refractivity contribution in [1.82, 2.24) is 15.0 Å². The Morgan fingerprint density at radius 2 is 1.79 bits per heavy atom. The van der Waals surface area contributed by atoms with Crippen LogP contribution in [0.5, 0.6) is 5.88 Å². The third-order valence-corrected chi connectivity index (χ3v) is 3.78. The highest BCUT2D eigenvalue weighted by Crippen LogP contribution is 2.30. The molecule has 122 valence electrons. The molecule has 0 saturated carbocycles. The van der Waals surface area contributed by atoms with E-state index in [1.165, 1.54) is 0 Å². The molecule has 0 aliphatic heterocycles. The normalized spacial score (nSPS) is 10.6. The molecule has 0 atom stereocenters. The van der Waals surface area contributed by atoms with E-state index < -0.39 is 0 Å². The second kappa shape index (κ2) is 7.38. The molecule has 5 nitrogen and oxygen atoms in total. The van der Waals surface area contributed by atoms with Crippen molar-refractivity contribution in [2.75, 3.05) is 7.11 Å². The molecule has 0 aliphatic carbocycles. The summed E-state index contributed by atoms with van der Waals surface area (Å²) < 4.78 is 5.37. The third-order valence-electron chi connectivity index (χ3n) is 3.55. The first-order chi connectivity index (χ1) is 11.7. The minimum Gasteiger partial charge on any atom is -0.481 e. The summed E-state index contributed by atoms with van der Waals surface area (Å²) in [4.78, 5) is 12.6. The van der Waals surface area contributed by atoms with Gasteiger partial charge in [-0.25, -0.2) is 15.0 Å². The molecule has 0 bridgehead atoms. The van der Waals surface area contributed by atoms with Gasteiger partial charge in [-0.3, -0.25) is 0 Å². The summed E-state index contributed by atoms with van der Waals surface area (Å²) in [5.41, 5.74) is 3.77. The number of aliphatic hydroxyl groups excluding tert-OH is 1. The lowest BCUT2D eigenvalue weighted by molar-refractivity contribution is 0.271. The first-order valence-corrected chi connectivity index (χ1v) is 7.77. The Balaban J connectivity index is 1.93. The van der Waals surface area contributed by atoms with Crippen molar-refractivity contribution < 1.29 is 9.84 Å². The maximum atomic E-state index is 9.00. The molecule has 3 rings (SSSR count). The van der Waals surface area contributed by atoms with E-state index in [1.54, 1.807) is 25.7 Å². The van der Waals surface area contributed by atoms with E-state index in [-0.39, 0.29) is 6.61 Å². The number of nitrogens with zero attached hydrogens (tertiary/aromatic N) is 3. The zero-order chi connectivity index (χ0) is 16.9. The highest BCUT2D eigenvalue weighted by atomic mass is 35.5. The molecule has 3 aromatic rings. The van der Waals surface area contributed by atoms with E-state index in [4.69, 9.17) is 21.4 Å². The van der Waals surface area contributed by atoms with Gasteiger partial charge in [0.25, 0.3) is 0 Å². The van der Waals surface area contributed by atoms with Gasteiger partial charge < -0.3 is 9.84 Å². The largest absolute Gasteiger partial charge is 0.481 e. The van der Waals surface area contributed by atoms with E-state index in [9.17, 15) is 0 Å². The van der Waals surface area contributed by atoms with Gasteiger partial charge >= 0.3 is 0 Å². The molecule has 2 heterocycles. The molecular formula is C18H16ClN3O2. The van der Waals surface area contributed by atoms with E-state index >= 15 is 0 Å². The van der Waals surface area contributed by atoms with Crippen LogP contribution in [-0.2, 0) is 13.0 Å². The molecule has 0 radical (unpaired) electrons. The summed E-state index contributed by atoms with van der Waals surface area (Å²) in [6.45, 7) is -0.163. The van der Waals surface area contributed by atoms with Crippen LogP contribution in [0, 0.1) is 0 Å². The molecular weight excluding hydrogens is 326 g/mol. The highest BCUT2D eigenvalue weighted by molar-refractivity contribution is 6.30. The summed E-state index contributed by atoms with van der Waals surface area (Å²) in [5.74, 6) is 0.958. The van der Waals surface area contributed by atoms with Crippen LogP contribution in [0.3, 0.4) is 0 Å². The molecule has 0 aliphatic rings. The van der Waals surface area contributed by atoms with Crippen molar-refractivity contribution in [3.05, 3.63) is 70.9 Å². The van der Waals surface area contributed by atoms with Crippen molar-refractivity contribution in [3.63, 3.8) is 0 Å². The fraction of sp³-hybridized carbons (Fsp3) is 0.167. The topological polar surface area (TPSA) is 68.1 Å². The number of hydrogen-bond acceptors (Lipinski definition) is 5. The molecule has 2 aromatic heterocycles. The Bertz CT molecular complexity index is 838. The lowest BCUT2D eigenvalue weighted by atomic mass is 10.0. The third kappa shape index (κ3) is 3.69. The van der Waals surface area contributed by atoms with Gasteiger partial charge in [-0.15, -0.1) is 0 Å². The average Bonchev–Trinajstić information content (AvgIpc) is 2.62. The minimum atomic E-state index is -0.163. The van der Waals surface area contributed by atoms with Crippen molar-refractivity contribution >= 4 is 11.6 Å². The number of aromatic nitrogens is 3. The Morgan fingerprint density at radius 3 is 2.46 bits per heavy atom. The Kier molecular flexibility index (Phi) is 5.03. The maximum Gasteiger partial charge on any atom is 0.221 e. The average molecular weight is 342 g/mol. The molecule has 0 spiro atoms. The van der Waals surface area contributed by atoms with Gasteiger partial charge in [0.2, 0.25) is 5.88 Å². The Labute approximate surface area is 145 Å². The zero-order valence-corrected chi connectivity index (χ0v) is 13.9. The predicted molar refractivity (Wildman–Crippen MR) is 92.0 cm³/mol. The zero-order valence-electron chi connectivity index (χ0n) is 13.1. The van der Waals surface area contributed by atoms with Crippen LogP contribution >= 0.6 is 11.6 Å². The number of halogens is 1. The molecule has 0 unspecified atom stereocenters. The number of pyridine rings is 1. The molecule has 0 fully saturated rings. The fourth-order valence-electron chi connectivity index (χ4n) is 2.41. The summed E-state index contributed by atoms with van der Waals surface area (Å²) in [5, 5.41) is 9.66. The molecule has 0 saturated heterocycles. The summed E-state index contributed by atoms with van der Waals surface area (Å²) in [6, 6.07) is 9.59. The Hall–Kier alpha value is -2.50. The SMILES string of the molecule is COc1ncc(Cc2cnc(CO)nc2)cc1-c1cccc(Cl)c1. The van der Waals surface area contributed by atoms with Crippen LogP contribution in [0.25, 0.3) is 11.1 Å². The van der Waals surface area contributed by atoms with Crippen LogP contribution < -0.4 is 4.74 Å². The number of benzene rings is 1. The van der Waals surface area contributed by atoms with Gasteiger partial charge in [0.15, 0.2) is 5.82 Å². The molecule has 1 aromatic carbocycles. The first-order valence-electron chi connectivity index (χ1n) is 7.39. The van der Waals surface area contributed by atoms with Crippen LogP contribution in [0.1, 0.15) is 17.0 Å². The second-order valence-corrected chi connectivity index (χ2v) is 5.69. The van der Waals surface area contributed by atoms with Crippen molar-refractivity contribution in [2.45, 2.75) is 13.0 Å². The molecule has 1 N–H and O–H groups in total. The highest BCUT2D eigenvalue weighted by Gasteiger charge is 2.10. The van der Waals surface area contributed by atoms with Crippen molar-refractivity contribution in [2.24, 2.45) is 0 Å². The van der Waals surface area contributed by atoms with Crippen LogP contribution in [0.2, 0.25) is 5.02 Å². The smallest absolute Gasteiger partial charge is 0.221 e. The van der Waals surface area contributed by atoms with E-state index in [0.29, 0.717) is 23.1 Å². The summed E-state index contributed by atoms with van der Waals surface area (Å²) in [7, 11) is 1.59. The number of aliphatic hydroxyl groups is 1. The standard InChI is InChI=1S/C18H16ClN3O2/c1-24-18-16(14-3-2-4-15(19)7-14)6-12(8-22-18)5-13-9-20-17(11-23)21-10-13/h2-4,6-10,23H,5,11H2,1H3. The lowest BCUT2D eigenvalue weighted by Gasteiger charge is -2.10. The lowest BCUT2D eigenvalue weighted by Crippen LogP contribution is -1.99. The minimum absolute atomic E-state index is 0.163. The molecule has 24 heavy (non-hydrogen) atoms. The Morgan fingerprint density at radius 1 is 1.04 bits per heavy atom. The van der Waals surface area contributed by atoms with Crippen LogP contribution in [-0.4, -0.2) is 27.2 Å². The molecule has 6 heteroatoms. The molecule has 0 amide bonds. The predicted octanol–water partition coefficient (Wildman–Crippen LogP) is 3.28. The van der Waals surface area contributed by atoms with Gasteiger partial charge in [0.1, 0.15) is 6.61 Å². The number of ether oxygens (including phenoxy) is 1. The number of rotatable bonds is 5. The second-order valence-electron chi connectivity index (χ2n) is 5.25. The van der Waals surface area contributed by atoms with Crippen LogP contribution in [0.15, 0.2) is 48.9 Å². The fourth-order valence-corrected chi connectivity index (χ4v) is 2.60. The first kappa shape index (κ1) is 16.4.